The molecule has 0 radical (unpaired) electrons. The molecular weight excluding hydrogens is 314 g/mol. The summed E-state index contributed by atoms with van der Waals surface area (Å²) in [5, 5.41) is 9.12. The molecule has 130 valence electrons. The summed E-state index contributed by atoms with van der Waals surface area (Å²) >= 11 is 0. The molecule has 0 aliphatic carbocycles. The van der Waals surface area contributed by atoms with Crippen molar-refractivity contribution in [2.24, 2.45) is 0 Å². The van der Waals surface area contributed by atoms with E-state index in [9.17, 15) is 14.4 Å². The molecule has 7 nitrogen and oxygen atoms in total. The molecule has 0 bridgehead atoms. The minimum atomic E-state index is -1.05. The zero-order chi connectivity index (χ0) is 17.5. The highest BCUT2D eigenvalue weighted by molar-refractivity contribution is 5.94. The molecule has 1 unspecified atom stereocenters. The summed E-state index contributed by atoms with van der Waals surface area (Å²) in [7, 11) is 0. The Morgan fingerprint density at radius 1 is 1.29 bits per heavy atom. The molecule has 1 saturated heterocycles. The van der Waals surface area contributed by atoms with Crippen LogP contribution in [0.3, 0.4) is 0 Å². The van der Waals surface area contributed by atoms with Gasteiger partial charge >= 0.3 is 5.97 Å². The summed E-state index contributed by atoms with van der Waals surface area (Å²) in [5.74, 6) is -0.640. The maximum absolute atomic E-state index is 12.2. The van der Waals surface area contributed by atoms with Gasteiger partial charge in [-0.25, -0.2) is 4.79 Å². The van der Waals surface area contributed by atoms with Crippen LogP contribution in [0, 0.1) is 0 Å². The highest BCUT2D eigenvalue weighted by atomic mass is 16.5. The molecular formula is C17H21NO6. The summed E-state index contributed by atoms with van der Waals surface area (Å²) in [6.07, 6.45) is 0.701. The number of carbonyl (C=O) groups is 3. The summed E-state index contributed by atoms with van der Waals surface area (Å²) in [5.41, 5.74) is 0.615. The zero-order valence-corrected chi connectivity index (χ0v) is 13.6. The van der Waals surface area contributed by atoms with Gasteiger partial charge in [0.25, 0.3) is 0 Å². The standard InChI is InChI=1S/C17H21NO6/c1-12(19)13-4-6-14(7-5-13)24-9-2-3-16(20)18-8-10-23-11-15(18)17(21)22/h4-7,15H,2-3,8-11H2,1H3,(H,21,22). The largest absolute Gasteiger partial charge is 0.494 e. The maximum atomic E-state index is 12.2. The van der Waals surface area contributed by atoms with Gasteiger partial charge in [0.15, 0.2) is 11.8 Å². The molecule has 0 spiro atoms. The summed E-state index contributed by atoms with van der Waals surface area (Å²) in [6, 6.07) is 5.88. The number of rotatable bonds is 7. The number of Topliss-reactive ketones (excluding diaryl/α,β-unsaturated/α-hetero) is 1. The van der Waals surface area contributed by atoms with Crippen LogP contribution in [0.15, 0.2) is 24.3 Å². The normalized spacial score (nSPS) is 17.4. The lowest BCUT2D eigenvalue weighted by atomic mass is 10.1. The Labute approximate surface area is 140 Å². The quantitative estimate of drug-likeness (QED) is 0.597. The Balaban J connectivity index is 1.76. The number of hydrogen-bond donors (Lipinski definition) is 1. The van der Waals surface area contributed by atoms with Crippen LogP contribution in [0.1, 0.15) is 30.1 Å². The summed E-state index contributed by atoms with van der Waals surface area (Å²) < 4.78 is 10.6. The molecule has 1 aromatic carbocycles. The molecule has 1 aromatic rings. The SMILES string of the molecule is CC(=O)c1ccc(OCCCC(=O)N2CCOCC2C(=O)O)cc1. The number of aliphatic carboxylic acids is 1. The number of carboxylic acids is 1. The van der Waals surface area contributed by atoms with Crippen LogP contribution in [-0.2, 0) is 14.3 Å². The number of morpholine rings is 1. The van der Waals surface area contributed by atoms with E-state index in [0.29, 0.717) is 37.5 Å². The average Bonchev–Trinajstić information content (AvgIpc) is 2.58. The minimum absolute atomic E-state index is 0.00866. The Bertz CT molecular complexity index is 598. The van der Waals surface area contributed by atoms with Crippen LogP contribution in [0.4, 0.5) is 0 Å². The number of carboxylic acid groups (broad SMARTS) is 1. The zero-order valence-electron chi connectivity index (χ0n) is 13.6. The molecule has 0 saturated carbocycles. The second-order valence-electron chi connectivity index (χ2n) is 5.55. The van der Waals surface area contributed by atoms with Gasteiger partial charge in [-0.2, -0.15) is 0 Å². The monoisotopic (exact) mass is 335 g/mol. The molecule has 1 aliphatic rings. The average molecular weight is 335 g/mol. The van der Waals surface area contributed by atoms with Gasteiger partial charge in [-0.05, 0) is 37.6 Å². The van der Waals surface area contributed by atoms with Gasteiger partial charge in [-0.3, -0.25) is 9.59 Å². The van der Waals surface area contributed by atoms with E-state index in [1.807, 2.05) is 0 Å². The van der Waals surface area contributed by atoms with Crippen molar-refractivity contribution >= 4 is 17.7 Å². The number of nitrogens with zero attached hydrogens (tertiary/aromatic N) is 1. The minimum Gasteiger partial charge on any atom is -0.494 e. The fourth-order valence-electron chi connectivity index (χ4n) is 2.45. The Hall–Kier alpha value is -2.41. The van der Waals surface area contributed by atoms with Crippen LogP contribution in [-0.4, -0.2) is 60.1 Å². The first-order valence-corrected chi connectivity index (χ1v) is 7.83. The third-order valence-electron chi connectivity index (χ3n) is 3.80. The van der Waals surface area contributed by atoms with Crippen molar-refractivity contribution in [2.45, 2.75) is 25.8 Å². The number of benzene rings is 1. The van der Waals surface area contributed by atoms with Crippen LogP contribution in [0.25, 0.3) is 0 Å². The van der Waals surface area contributed by atoms with Gasteiger partial charge in [0.1, 0.15) is 5.75 Å². The predicted molar refractivity (Wildman–Crippen MR) is 85.1 cm³/mol. The maximum Gasteiger partial charge on any atom is 0.328 e. The fourth-order valence-corrected chi connectivity index (χ4v) is 2.45. The van der Waals surface area contributed by atoms with Gasteiger partial charge in [0.05, 0.1) is 19.8 Å². The first-order chi connectivity index (χ1) is 11.5. The van der Waals surface area contributed by atoms with Gasteiger partial charge in [0, 0.05) is 18.5 Å². The number of amides is 1. The molecule has 1 fully saturated rings. The van der Waals surface area contributed by atoms with Gasteiger partial charge in [0.2, 0.25) is 5.91 Å². The van der Waals surface area contributed by atoms with Crippen molar-refractivity contribution in [1.29, 1.82) is 0 Å². The van der Waals surface area contributed by atoms with Crippen LogP contribution in [0.2, 0.25) is 0 Å². The number of carbonyl (C=O) groups excluding carboxylic acids is 2. The molecule has 0 aromatic heterocycles. The van der Waals surface area contributed by atoms with Gasteiger partial charge in [-0.15, -0.1) is 0 Å². The lowest BCUT2D eigenvalue weighted by molar-refractivity contribution is -0.158. The van der Waals surface area contributed by atoms with E-state index in [4.69, 9.17) is 14.6 Å². The third kappa shape index (κ3) is 4.79. The van der Waals surface area contributed by atoms with E-state index in [-0.39, 0.29) is 24.7 Å². The van der Waals surface area contributed by atoms with Crippen molar-refractivity contribution in [3.05, 3.63) is 29.8 Å². The number of hydrogen-bond acceptors (Lipinski definition) is 5. The highest BCUT2D eigenvalue weighted by Crippen LogP contribution is 2.14. The molecule has 1 N–H and O–H groups in total. The second-order valence-corrected chi connectivity index (χ2v) is 5.55. The molecule has 24 heavy (non-hydrogen) atoms. The Kier molecular flexibility index (Phi) is 6.31. The van der Waals surface area contributed by atoms with E-state index >= 15 is 0 Å². The van der Waals surface area contributed by atoms with Crippen molar-refractivity contribution in [3.63, 3.8) is 0 Å². The van der Waals surface area contributed by atoms with Crippen LogP contribution < -0.4 is 4.74 Å². The summed E-state index contributed by atoms with van der Waals surface area (Å²) in [4.78, 5) is 35.8. The lowest BCUT2D eigenvalue weighted by Crippen LogP contribution is -2.52. The van der Waals surface area contributed by atoms with Crippen LogP contribution in [0.5, 0.6) is 5.75 Å². The molecule has 1 amide bonds. The molecule has 7 heteroatoms. The van der Waals surface area contributed by atoms with E-state index in [1.165, 1.54) is 11.8 Å². The molecule has 1 atom stereocenters. The second kappa shape index (κ2) is 8.44. The molecule has 1 aliphatic heterocycles. The van der Waals surface area contributed by atoms with Gasteiger partial charge < -0.3 is 19.5 Å². The molecule has 1 heterocycles. The first-order valence-electron chi connectivity index (χ1n) is 7.83. The van der Waals surface area contributed by atoms with E-state index in [1.54, 1.807) is 24.3 Å². The number of ether oxygens (including phenoxy) is 2. The van der Waals surface area contributed by atoms with E-state index in [0.717, 1.165) is 0 Å². The Morgan fingerprint density at radius 3 is 2.62 bits per heavy atom. The third-order valence-corrected chi connectivity index (χ3v) is 3.80. The fraction of sp³-hybridized carbons (Fsp3) is 0.471. The summed E-state index contributed by atoms with van der Waals surface area (Å²) in [6.45, 7) is 2.52. The van der Waals surface area contributed by atoms with Crippen molar-refractivity contribution in [3.8, 4) is 5.75 Å². The van der Waals surface area contributed by atoms with Gasteiger partial charge in [-0.1, -0.05) is 0 Å². The first kappa shape index (κ1) is 17.9. The number of ketones is 1. The predicted octanol–water partition coefficient (Wildman–Crippen LogP) is 1.36. The lowest BCUT2D eigenvalue weighted by Gasteiger charge is -2.32. The molecule has 2 rings (SSSR count). The van der Waals surface area contributed by atoms with Crippen molar-refractivity contribution in [1.82, 2.24) is 4.90 Å². The topological polar surface area (TPSA) is 93.1 Å². The van der Waals surface area contributed by atoms with Crippen LogP contribution >= 0.6 is 0 Å². The van der Waals surface area contributed by atoms with Crippen molar-refractivity contribution < 1.29 is 29.0 Å². The van der Waals surface area contributed by atoms with Crippen molar-refractivity contribution in [2.75, 3.05) is 26.4 Å². The highest BCUT2D eigenvalue weighted by Gasteiger charge is 2.32. The van der Waals surface area contributed by atoms with E-state index in [2.05, 4.69) is 0 Å². The smallest absolute Gasteiger partial charge is 0.328 e. The Morgan fingerprint density at radius 2 is 2.00 bits per heavy atom. The van der Waals surface area contributed by atoms with E-state index < -0.39 is 12.0 Å².